The molecule has 3 aromatic rings. The maximum atomic E-state index is 14.7. The number of nitrogens with zero attached hydrogens (tertiary/aromatic N) is 2. The van der Waals surface area contributed by atoms with Crippen LogP contribution in [0.1, 0.15) is 20.7 Å². The lowest BCUT2D eigenvalue weighted by atomic mass is 9.94. The molecule has 5 rings (SSSR count). The normalized spacial score (nSPS) is 16.8. The molecule has 1 unspecified atom stereocenters. The van der Waals surface area contributed by atoms with E-state index < -0.39 is 17.9 Å². The van der Waals surface area contributed by atoms with Gasteiger partial charge in [0.15, 0.2) is 17.7 Å². The third-order valence-corrected chi connectivity index (χ3v) is 5.48. The monoisotopic (exact) mass is 404 g/mol. The predicted molar refractivity (Wildman–Crippen MR) is 109 cm³/mol. The second-order valence-corrected chi connectivity index (χ2v) is 6.95. The molecule has 0 radical (unpaired) electrons. The lowest BCUT2D eigenvalue weighted by molar-refractivity contribution is 0.0873. The Kier molecular flexibility index (Phi) is 3.99. The summed E-state index contributed by atoms with van der Waals surface area (Å²) in [6.45, 7) is 0. The van der Waals surface area contributed by atoms with Crippen LogP contribution in [0, 0.1) is 5.82 Å². The zero-order valence-corrected chi connectivity index (χ0v) is 16.3. The molecule has 0 N–H and O–H groups in total. The Morgan fingerprint density at radius 3 is 2.07 bits per heavy atom. The standard InChI is InChI=1S/C23H17FN2O4/c1-29-18-12-11-13-19(21(18)30-2)23(28)26-17-10-6-5-9-16(17)25(22(26)20(13)27)15-8-4-3-7-14(15)24/h3-12,22H,1-2H3. The summed E-state index contributed by atoms with van der Waals surface area (Å²) in [7, 11) is 2.89. The minimum atomic E-state index is -1.03. The molecule has 1 amide bonds. The predicted octanol–water partition coefficient (Wildman–Crippen LogP) is 4.16. The van der Waals surface area contributed by atoms with E-state index in [1.807, 2.05) is 0 Å². The topological polar surface area (TPSA) is 59.1 Å². The Morgan fingerprint density at radius 2 is 1.43 bits per heavy atom. The molecule has 0 saturated heterocycles. The summed E-state index contributed by atoms with van der Waals surface area (Å²) < 4.78 is 25.5. The lowest BCUT2D eigenvalue weighted by Crippen LogP contribution is -2.53. The van der Waals surface area contributed by atoms with Crippen molar-refractivity contribution in [1.82, 2.24) is 0 Å². The molecule has 0 aliphatic carbocycles. The fourth-order valence-corrected chi connectivity index (χ4v) is 4.22. The van der Waals surface area contributed by atoms with Gasteiger partial charge in [0.05, 0.1) is 36.8 Å². The van der Waals surface area contributed by atoms with Crippen molar-refractivity contribution in [2.45, 2.75) is 6.17 Å². The molecular formula is C23H17FN2O4. The van der Waals surface area contributed by atoms with Gasteiger partial charge in [-0.1, -0.05) is 24.3 Å². The van der Waals surface area contributed by atoms with Crippen LogP contribution in [0.3, 0.4) is 0 Å². The van der Waals surface area contributed by atoms with Crippen molar-refractivity contribution < 1.29 is 23.5 Å². The van der Waals surface area contributed by atoms with E-state index in [0.29, 0.717) is 17.1 Å². The Hall–Kier alpha value is -3.87. The van der Waals surface area contributed by atoms with Crippen LogP contribution >= 0.6 is 0 Å². The molecule has 1 atom stereocenters. The zero-order chi connectivity index (χ0) is 21.0. The van der Waals surface area contributed by atoms with Gasteiger partial charge in [-0.2, -0.15) is 0 Å². The van der Waals surface area contributed by atoms with Gasteiger partial charge in [0, 0.05) is 5.56 Å². The number of amides is 1. The molecule has 2 heterocycles. The first-order valence-corrected chi connectivity index (χ1v) is 9.34. The number of methoxy groups -OCH3 is 2. The third kappa shape index (κ3) is 2.29. The second-order valence-electron chi connectivity index (χ2n) is 6.95. The number of carbonyl (C=O) groups excluding carboxylic acids is 2. The van der Waals surface area contributed by atoms with E-state index in [2.05, 4.69) is 0 Å². The molecule has 0 bridgehead atoms. The SMILES string of the molecule is COc1ccc2c(c1OC)C(=O)N1c3ccccc3N(c3ccccc3F)C1C2=O. The molecule has 6 nitrogen and oxygen atoms in total. The highest BCUT2D eigenvalue weighted by molar-refractivity contribution is 6.27. The number of ketones is 1. The van der Waals surface area contributed by atoms with Gasteiger partial charge in [0.1, 0.15) is 5.82 Å². The Morgan fingerprint density at radius 1 is 0.800 bits per heavy atom. The van der Waals surface area contributed by atoms with E-state index in [-0.39, 0.29) is 28.3 Å². The number of ether oxygens (including phenoxy) is 2. The van der Waals surface area contributed by atoms with Gasteiger partial charge in [-0.15, -0.1) is 0 Å². The number of hydrogen-bond donors (Lipinski definition) is 0. The van der Waals surface area contributed by atoms with E-state index in [0.717, 1.165) is 0 Å². The van der Waals surface area contributed by atoms with Crippen LogP contribution in [-0.4, -0.2) is 32.1 Å². The van der Waals surface area contributed by atoms with Crippen LogP contribution in [0.2, 0.25) is 0 Å². The van der Waals surface area contributed by atoms with E-state index >= 15 is 0 Å². The summed E-state index contributed by atoms with van der Waals surface area (Å²) in [5.41, 5.74) is 1.69. The second kappa shape index (κ2) is 6.59. The quantitative estimate of drug-likeness (QED) is 0.656. The number of fused-ring (bicyclic) bond motifs is 4. The number of Topliss-reactive ketones (excluding diaryl/α,β-unsaturated/α-hetero) is 1. The fraction of sp³-hybridized carbons (Fsp3) is 0.130. The van der Waals surface area contributed by atoms with Gasteiger partial charge in [-0.05, 0) is 36.4 Å². The number of benzene rings is 3. The van der Waals surface area contributed by atoms with Crippen molar-refractivity contribution in [2.75, 3.05) is 24.0 Å². The lowest BCUT2D eigenvalue weighted by Gasteiger charge is -2.35. The Balaban J connectivity index is 1.78. The number of para-hydroxylation sites is 3. The minimum Gasteiger partial charge on any atom is -0.493 e. The number of hydrogen-bond acceptors (Lipinski definition) is 5. The molecule has 0 saturated carbocycles. The molecular weight excluding hydrogens is 387 g/mol. The number of carbonyl (C=O) groups is 2. The summed E-state index contributed by atoms with van der Waals surface area (Å²) in [5, 5.41) is 0. The molecule has 30 heavy (non-hydrogen) atoms. The van der Waals surface area contributed by atoms with Crippen LogP contribution in [0.5, 0.6) is 11.5 Å². The van der Waals surface area contributed by atoms with Crippen LogP contribution in [0.25, 0.3) is 0 Å². The first-order valence-electron chi connectivity index (χ1n) is 9.34. The maximum absolute atomic E-state index is 14.7. The molecule has 2 aliphatic rings. The van der Waals surface area contributed by atoms with E-state index in [1.54, 1.807) is 59.5 Å². The minimum absolute atomic E-state index is 0.142. The van der Waals surface area contributed by atoms with Crippen LogP contribution in [-0.2, 0) is 0 Å². The number of rotatable bonds is 3. The summed E-state index contributed by atoms with van der Waals surface area (Å²) in [6, 6.07) is 16.4. The molecule has 150 valence electrons. The van der Waals surface area contributed by atoms with Crippen molar-refractivity contribution in [3.63, 3.8) is 0 Å². The zero-order valence-electron chi connectivity index (χ0n) is 16.3. The van der Waals surface area contributed by atoms with E-state index in [4.69, 9.17) is 9.47 Å². The first-order chi connectivity index (χ1) is 14.6. The van der Waals surface area contributed by atoms with Crippen LogP contribution < -0.4 is 19.3 Å². The van der Waals surface area contributed by atoms with Crippen molar-refractivity contribution in [3.8, 4) is 11.5 Å². The van der Waals surface area contributed by atoms with Crippen molar-refractivity contribution in [3.05, 3.63) is 77.6 Å². The Bertz CT molecular complexity index is 1210. The van der Waals surface area contributed by atoms with Gasteiger partial charge in [0.25, 0.3) is 5.91 Å². The summed E-state index contributed by atoms with van der Waals surface area (Å²) >= 11 is 0. The summed E-state index contributed by atoms with van der Waals surface area (Å²) in [5.74, 6) is -0.655. The van der Waals surface area contributed by atoms with Crippen LogP contribution in [0.4, 0.5) is 21.5 Å². The molecule has 0 spiro atoms. The highest BCUT2D eigenvalue weighted by Gasteiger charge is 2.51. The van der Waals surface area contributed by atoms with E-state index in [1.165, 1.54) is 25.2 Å². The van der Waals surface area contributed by atoms with Gasteiger partial charge in [-0.3, -0.25) is 14.5 Å². The molecule has 7 heteroatoms. The van der Waals surface area contributed by atoms with Crippen molar-refractivity contribution in [2.24, 2.45) is 0 Å². The van der Waals surface area contributed by atoms with Crippen molar-refractivity contribution >= 4 is 28.8 Å². The third-order valence-electron chi connectivity index (χ3n) is 5.48. The number of halogens is 1. The highest BCUT2D eigenvalue weighted by atomic mass is 19.1. The van der Waals surface area contributed by atoms with Gasteiger partial charge in [-0.25, -0.2) is 4.39 Å². The molecule has 3 aromatic carbocycles. The van der Waals surface area contributed by atoms with Crippen LogP contribution in [0.15, 0.2) is 60.7 Å². The van der Waals surface area contributed by atoms with Gasteiger partial charge >= 0.3 is 0 Å². The summed E-state index contributed by atoms with van der Waals surface area (Å²) in [4.78, 5) is 30.2. The maximum Gasteiger partial charge on any atom is 0.265 e. The molecule has 0 aromatic heterocycles. The van der Waals surface area contributed by atoms with Gasteiger partial charge in [0.2, 0.25) is 5.78 Å². The van der Waals surface area contributed by atoms with Gasteiger partial charge < -0.3 is 14.4 Å². The first kappa shape index (κ1) is 18.2. The van der Waals surface area contributed by atoms with Crippen molar-refractivity contribution in [1.29, 1.82) is 0 Å². The molecule has 0 fully saturated rings. The Labute approximate surface area is 172 Å². The van der Waals surface area contributed by atoms with E-state index in [9.17, 15) is 14.0 Å². The summed E-state index contributed by atoms with van der Waals surface area (Å²) in [6.07, 6.45) is -1.03. The average Bonchev–Trinajstić information content (AvgIpc) is 3.12. The largest absolute Gasteiger partial charge is 0.493 e. The molecule has 2 aliphatic heterocycles. The number of anilines is 3. The average molecular weight is 404 g/mol. The smallest absolute Gasteiger partial charge is 0.265 e. The fourth-order valence-electron chi connectivity index (χ4n) is 4.22. The highest BCUT2D eigenvalue weighted by Crippen LogP contribution is 2.49.